The Morgan fingerprint density at radius 3 is 2.19 bits per heavy atom. The third-order valence-electron chi connectivity index (χ3n) is 7.31. The van der Waals surface area contributed by atoms with Crippen molar-refractivity contribution in [2.75, 3.05) is 0 Å². The monoisotopic (exact) mass is 472 g/mol. The predicted molar refractivity (Wildman–Crippen MR) is 153 cm³/mol. The van der Waals surface area contributed by atoms with Gasteiger partial charge in [0.05, 0.1) is 16.9 Å². The Labute approximate surface area is 212 Å². The highest BCUT2D eigenvalue weighted by Gasteiger charge is 2.14. The average molecular weight is 473 g/mol. The van der Waals surface area contributed by atoms with Crippen LogP contribution in [0.4, 0.5) is 0 Å². The maximum Gasteiger partial charge on any atom is 0.136 e. The number of fused-ring (bicyclic) bond motifs is 8. The van der Waals surface area contributed by atoms with E-state index in [1.807, 2.05) is 18.3 Å². The van der Waals surface area contributed by atoms with Crippen molar-refractivity contribution >= 4 is 54.4 Å². The predicted octanol–water partition coefficient (Wildman–Crippen LogP) is 9.17. The third kappa shape index (κ3) is 3.08. The lowest BCUT2D eigenvalue weighted by Crippen LogP contribution is -1.92. The van der Waals surface area contributed by atoms with Crippen LogP contribution < -0.4 is 0 Å². The van der Waals surface area contributed by atoms with E-state index in [2.05, 4.69) is 103 Å². The molecule has 0 spiro atoms. The summed E-state index contributed by atoms with van der Waals surface area (Å²) in [5.74, 6) is 0. The van der Waals surface area contributed by atoms with Crippen molar-refractivity contribution in [3.63, 3.8) is 0 Å². The van der Waals surface area contributed by atoms with E-state index in [9.17, 15) is 0 Å². The fraction of sp³-hybridized carbons (Fsp3) is 0. The molecule has 0 saturated carbocycles. The van der Waals surface area contributed by atoms with Crippen molar-refractivity contribution < 1.29 is 4.42 Å². The number of benzene rings is 5. The molecule has 0 radical (unpaired) electrons. The molecule has 0 aliphatic carbocycles. The van der Waals surface area contributed by atoms with Gasteiger partial charge in [-0.2, -0.15) is 0 Å². The third-order valence-corrected chi connectivity index (χ3v) is 7.31. The molecule has 0 aliphatic heterocycles. The maximum atomic E-state index is 6.32. The van der Waals surface area contributed by atoms with E-state index in [1.54, 1.807) is 0 Å². The minimum Gasteiger partial charge on any atom is -0.456 e. The van der Waals surface area contributed by atoms with Gasteiger partial charge < -0.3 is 4.42 Å². The van der Waals surface area contributed by atoms with E-state index in [4.69, 9.17) is 14.4 Å². The molecule has 0 atom stereocenters. The van der Waals surface area contributed by atoms with Crippen LogP contribution >= 0.6 is 0 Å². The highest BCUT2D eigenvalue weighted by molar-refractivity contribution is 6.19. The molecule has 172 valence electrons. The SMILES string of the molecule is c1ccc2c(c1)ccc1oc3cc(-c4ccnc(-c5nc6ccccc6c6ccccc56)c4)ccc3c12. The van der Waals surface area contributed by atoms with Crippen molar-refractivity contribution in [1.82, 2.24) is 9.97 Å². The van der Waals surface area contributed by atoms with Crippen LogP contribution in [0, 0.1) is 0 Å². The molecule has 0 saturated heterocycles. The minimum atomic E-state index is 0.857. The fourth-order valence-corrected chi connectivity index (χ4v) is 5.56. The topological polar surface area (TPSA) is 38.9 Å². The van der Waals surface area contributed by atoms with E-state index >= 15 is 0 Å². The van der Waals surface area contributed by atoms with E-state index in [-0.39, 0.29) is 0 Å². The molecule has 0 fully saturated rings. The first kappa shape index (κ1) is 20.2. The number of rotatable bonds is 2. The van der Waals surface area contributed by atoms with Gasteiger partial charge in [0.1, 0.15) is 11.2 Å². The smallest absolute Gasteiger partial charge is 0.136 e. The Kier molecular flexibility index (Phi) is 4.23. The summed E-state index contributed by atoms with van der Waals surface area (Å²) in [7, 11) is 0. The zero-order valence-electron chi connectivity index (χ0n) is 19.8. The highest BCUT2D eigenvalue weighted by Crippen LogP contribution is 2.37. The molecule has 3 heterocycles. The van der Waals surface area contributed by atoms with Gasteiger partial charge in [0.15, 0.2) is 0 Å². The molecule has 5 aromatic carbocycles. The number of aromatic nitrogens is 2. The summed E-state index contributed by atoms with van der Waals surface area (Å²) in [5.41, 5.74) is 6.69. The van der Waals surface area contributed by atoms with Crippen molar-refractivity contribution in [1.29, 1.82) is 0 Å². The van der Waals surface area contributed by atoms with Crippen molar-refractivity contribution in [3.8, 4) is 22.5 Å². The van der Waals surface area contributed by atoms with E-state index in [0.717, 1.165) is 55.4 Å². The van der Waals surface area contributed by atoms with Crippen LogP contribution in [0.5, 0.6) is 0 Å². The molecule has 3 heteroatoms. The van der Waals surface area contributed by atoms with Gasteiger partial charge in [-0.05, 0) is 63.7 Å². The van der Waals surface area contributed by atoms with Crippen LogP contribution in [0.15, 0.2) is 126 Å². The Bertz CT molecular complexity index is 2160. The Morgan fingerprint density at radius 1 is 0.514 bits per heavy atom. The second kappa shape index (κ2) is 7.74. The van der Waals surface area contributed by atoms with Crippen LogP contribution in [0.1, 0.15) is 0 Å². The molecule has 0 amide bonds. The summed E-state index contributed by atoms with van der Waals surface area (Å²) in [6, 6.07) is 40.0. The van der Waals surface area contributed by atoms with Crippen LogP contribution in [0.2, 0.25) is 0 Å². The standard InChI is InChI=1S/C34H20N2O/c1-2-8-24-21(7-1)14-16-31-33(24)28-15-13-22(20-32(28)37-31)23-17-18-35-30(19-23)34-27-11-4-3-9-25(27)26-10-5-6-12-29(26)36-34/h1-20H. The number of hydrogen-bond acceptors (Lipinski definition) is 3. The summed E-state index contributed by atoms with van der Waals surface area (Å²) in [4.78, 5) is 9.77. The van der Waals surface area contributed by atoms with Gasteiger partial charge in [-0.1, -0.05) is 78.9 Å². The molecule has 0 aliphatic rings. The van der Waals surface area contributed by atoms with E-state index < -0.39 is 0 Å². The highest BCUT2D eigenvalue weighted by atomic mass is 16.3. The lowest BCUT2D eigenvalue weighted by Gasteiger charge is -2.10. The average Bonchev–Trinajstić information content (AvgIpc) is 3.35. The Morgan fingerprint density at radius 2 is 1.27 bits per heavy atom. The Hall–Kier alpha value is -5.02. The molecule has 3 aromatic heterocycles. The van der Waals surface area contributed by atoms with Gasteiger partial charge in [0.25, 0.3) is 0 Å². The number of para-hydroxylation sites is 1. The van der Waals surface area contributed by atoms with Crippen LogP contribution in [0.3, 0.4) is 0 Å². The van der Waals surface area contributed by atoms with E-state index in [1.165, 1.54) is 21.5 Å². The molecule has 3 nitrogen and oxygen atoms in total. The van der Waals surface area contributed by atoms with Crippen LogP contribution in [-0.2, 0) is 0 Å². The summed E-state index contributed by atoms with van der Waals surface area (Å²) in [6.45, 7) is 0. The minimum absolute atomic E-state index is 0.857. The molecular weight excluding hydrogens is 452 g/mol. The molecular formula is C34H20N2O. The van der Waals surface area contributed by atoms with Gasteiger partial charge in [-0.25, -0.2) is 4.98 Å². The zero-order chi connectivity index (χ0) is 24.3. The zero-order valence-corrected chi connectivity index (χ0v) is 19.8. The number of hydrogen-bond donors (Lipinski definition) is 0. The first-order chi connectivity index (χ1) is 18.3. The second-order valence-electron chi connectivity index (χ2n) is 9.43. The lowest BCUT2D eigenvalue weighted by molar-refractivity contribution is 0.669. The summed E-state index contributed by atoms with van der Waals surface area (Å²) in [5, 5.41) is 8.18. The van der Waals surface area contributed by atoms with Crippen molar-refractivity contribution in [2.45, 2.75) is 0 Å². The van der Waals surface area contributed by atoms with Crippen molar-refractivity contribution in [2.24, 2.45) is 0 Å². The molecule has 0 bridgehead atoms. The number of pyridine rings is 2. The molecule has 8 rings (SSSR count). The van der Waals surface area contributed by atoms with Gasteiger partial charge in [0, 0.05) is 27.7 Å². The molecule has 0 N–H and O–H groups in total. The normalized spacial score (nSPS) is 11.8. The first-order valence-electron chi connectivity index (χ1n) is 12.4. The maximum absolute atomic E-state index is 6.32. The molecule has 8 aromatic rings. The largest absolute Gasteiger partial charge is 0.456 e. The fourth-order valence-electron chi connectivity index (χ4n) is 5.56. The van der Waals surface area contributed by atoms with Gasteiger partial charge in [-0.15, -0.1) is 0 Å². The van der Waals surface area contributed by atoms with Gasteiger partial charge >= 0.3 is 0 Å². The summed E-state index contributed by atoms with van der Waals surface area (Å²) < 4.78 is 6.32. The summed E-state index contributed by atoms with van der Waals surface area (Å²) >= 11 is 0. The Balaban J connectivity index is 1.31. The number of furan rings is 1. The first-order valence-corrected chi connectivity index (χ1v) is 12.4. The number of nitrogens with zero attached hydrogens (tertiary/aromatic N) is 2. The second-order valence-corrected chi connectivity index (χ2v) is 9.43. The summed E-state index contributed by atoms with van der Waals surface area (Å²) in [6.07, 6.45) is 1.87. The quantitative estimate of drug-likeness (QED) is 0.235. The van der Waals surface area contributed by atoms with Crippen molar-refractivity contribution in [3.05, 3.63) is 121 Å². The lowest BCUT2D eigenvalue weighted by atomic mass is 9.99. The molecule has 37 heavy (non-hydrogen) atoms. The van der Waals surface area contributed by atoms with Gasteiger partial charge in [0.2, 0.25) is 0 Å². The van der Waals surface area contributed by atoms with E-state index in [0.29, 0.717) is 0 Å². The van der Waals surface area contributed by atoms with Gasteiger partial charge in [-0.3, -0.25) is 4.98 Å². The van der Waals surface area contributed by atoms with Crippen LogP contribution in [-0.4, -0.2) is 9.97 Å². The molecule has 0 unspecified atom stereocenters. The van der Waals surface area contributed by atoms with Crippen LogP contribution in [0.25, 0.3) is 76.9 Å².